The van der Waals surface area contributed by atoms with Crippen LogP contribution in [0.4, 0.5) is 9.59 Å². The van der Waals surface area contributed by atoms with Crippen molar-refractivity contribution >= 4 is 24.0 Å². The first-order valence-electron chi connectivity index (χ1n) is 22.8. The van der Waals surface area contributed by atoms with Gasteiger partial charge in [0.1, 0.15) is 23.7 Å². The Bertz CT molecular complexity index is 2550. The quantitative estimate of drug-likeness (QED) is 0.104. The zero-order valence-corrected chi connectivity index (χ0v) is 36.2. The summed E-state index contributed by atoms with van der Waals surface area (Å²) in [5.74, 6) is 2.18. The zero-order valence-electron chi connectivity index (χ0n) is 36.2. The fourth-order valence-corrected chi connectivity index (χ4v) is 12.0. The average molecular weight is 863 g/mol. The SMILES string of the molecule is COC(=O)N[C@H](C(=O)N1[C@@H](c2ncc(-c3ccc(C45CCC(c6cnc([C@@H]7C[C@H]8C[C@H]8N7C(=O)[C@H](NC(=O)OC)c7ccccc7)[nH]6)(CC4)CC5)cc3)[nH]2)C[C@@H]2C[C@@H]21)c1ccccc1. The Morgan fingerprint density at radius 2 is 1.08 bits per heavy atom. The van der Waals surface area contributed by atoms with Crippen molar-refractivity contribution in [1.82, 2.24) is 40.4 Å². The predicted molar refractivity (Wildman–Crippen MR) is 235 cm³/mol. The molecule has 5 aromatic rings. The first kappa shape index (κ1) is 40.3. The van der Waals surface area contributed by atoms with Crippen LogP contribution in [-0.2, 0) is 29.9 Å². The number of fused-ring (bicyclic) bond motifs is 5. The molecule has 4 heterocycles. The molecule has 2 aromatic heterocycles. The molecule has 0 unspecified atom stereocenters. The van der Waals surface area contributed by atoms with E-state index in [1.54, 1.807) is 0 Å². The van der Waals surface area contributed by atoms with Crippen molar-refractivity contribution in [2.24, 2.45) is 11.8 Å². The van der Waals surface area contributed by atoms with Crippen LogP contribution >= 0.6 is 0 Å². The van der Waals surface area contributed by atoms with Gasteiger partial charge in [-0.1, -0.05) is 84.9 Å². The molecular weight excluding hydrogens is 809 g/mol. The van der Waals surface area contributed by atoms with Gasteiger partial charge in [0.05, 0.1) is 38.2 Å². The van der Waals surface area contributed by atoms with E-state index in [0.29, 0.717) is 17.4 Å². The van der Waals surface area contributed by atoms with Crippen molar-refractivity contribution in [3.05, 3.63) is 131 Å². The number of aromatic nitrogens is 4. The van der Waals surface area contributed by atoms with Crippen LogP contribution in [0.2, 0.25) is 0 Å². The molecule has 64 heavy (non-hydrogen) atoms. The molecule has 14 nitrogen and oxygen atoms in total. The van der Waals surface area contributed by atoms with Gasteiger partial charge < -0.3 is 39.9 Å². The lowest BCUT2D eigenvalue weighted by Gasteiger charge is -2.53. The Morgan fingerprint density at radius 1 is 0.609 bits per heavy atom. The summed E-state index contributed by atoms with van der Waals surface area (Å²) >= 11 is 0. The molecule has 7 aliphatic rings. The van der Waals surface area contributed by atoms with E-state index in [4.69, 9.17) is 19.4 Å². The topological polar surface area (TPSA) is 175 Å². The number of carbonyl (C=O) groups excluding carboxylic acids is 4. The monoisotopic (exact) mass is 862 g/mol. The number of piperidine rings is 2. The lowest BCUT2D eigenvalue weighted by atomic mass is 9.51. The van der Waals surface area contributed by atoms with Crippen LogP contribution in [-0.4, -0.2) is 80.0 Å². The second-order valence-electron chi connectivity index (χ2n) is 19.1. The number of methoxy groups -OCH3 is 2. The molecule has 2 saturated heterocycles. The summed E-state index contributed by atoms with van der Waals surface area (Å²) in [6, 6.07) is 25.9. The van der Waals surface area contributed by atoms with Crippen molar-refractivity contribution in [2.45, 2.75) is 111 Å². The fraction of sp³-hybridized carbons (Fsp3) is 0.440. The number of ether oxygens (including phenoxy) is 2. The summed E-state index contributed by atoms with van der Waals surface area (Å²) < 4.78 is 9.80. The Morgan fingerprint density at radius 3 is 1.58 bits per heavy atom. The second-order valence-corrected chi connectivity index (χ2v) is 19.1. The van der Waals surface area contributed by atoms with E-state index >= 15 is 0 Å². The first-order chi connectivity index (χ1) is 31.2. The minimum absolute atomic E-state index is 0.0290. The summed E-state index contributed by atoms with van der Waals surface area (Å²) in [6.45, 7) is 0. The number of rotatable bonds is 11. The maximum Gasteiger partial charge on any atom is 0.407 e. The number of nitrogens with one attached hydrogen (secondary N) is 4. The van der Waals surface area contributed by atoms with Crippen LogP contribution in [0.1, 0.15) is 122 Å². The molecule has 8 atom stereocenters. The van der Waals surface area contributed by atoms with Crippen LogP contribution in [0.5, 0.6) is 0 Å². The number of alkyl carbamates (subject to hydrolysis) is 2. The molecule has 0 spiro atoms. The highest BCUT2D eigenvalue weighted by Gasteiger charge is 2.58. The molecule has 5 saturated carbocycles. The molecule has 0 radical (unpaired) electrons. The van der Waals surface area contributed by atoms with E-state index in [-0.39, 0.29) is 46.8 Å². The highest BCUT2D eigenvalue weighted by atomic mass is 16.5. The van der Waals surface area contributed by atoms with Crippen molar-refractivity contribution in [1.29, 1.82) is 0 Å². The van der Waals surface area contributed by atoms with E-state index in [1.807, 2.05) is 82.9 Å². The first-order valence-corrected chi connectivity index (χ1v) is 22.8. The summed E-state index contributed by atoms with van der Waals surface area (Å²) in [5.41, 5.74) is 6.10. The van der Waals surface area contributed by atoms with Gasteiger partial charge in [0, 0.05) is 29.4 Å². The Balaban J connectivity index is 0.761. The summed E-state index contributed by atoms with van der Waals surface area (Å²) in [4.78, 5) is 74.3. The normalized spacial score (nSPS) is 29.3. The van der Waals surface area contributed by atoms with Gasteiger partial charge in [-0.3, -0.25) is 9.59 Å². The van der Waals surface area contributed by atoms with Crippen molar-refractivity contribution in [3.8, 4) is 11.3 Å². The number of aromatic amines is 2. The molecule has 14 heteroatoms. The molecular formula is C50H54N8O6. The lowest BCUT2D eigenvalue weighted by Crippen LogP contribution is -2.46. The van der Waals surface area contributed by atoms with Gasteiger partial charge in [-0.15, -0.1) is 0 Å². The van der Waals surface area contributed by atoms with Crippen LogP contribution in [0, 0.1) is 11.8 Å². The van der Waals surface area contributed by atoms with Crippen LogP contribution in [0.15, 0.2) is 97.3 Å². The third kappa shape index (κ3) is 6.92. The van der Waals surface area contributed by atoms with Gasteiger partial charge in [-0.2, -0.15) is 0 Å². The lowest BCUT2D eigenvalue weighted by molar-refractivity contribution is -0.136. The zero-order chi connectivity index (χ0) is 43.7. The maximum atomic E-state index is 14.3. The molecule has 3 aromatic carbocycles. The number of benzene rings is 3. The van der Waals surface area contributed by atoms with E-state index in [2.05, 4.69) is 44.9 Å². The largest absolute Gasteiger partial charge is 0.453 e. The Hall–Kier alpha value is -6.44. The number of hydrogen-bond donors (Lipinski definition) is 4. The van der Waals surface area contributed by atoms with E-state index in [9.17, 15) is 19.2 Å². The third-order valence-corrected chi connectivity index (χ3v) is 15.8. The summed E-state index contributed by atoms with van der Waals surface area (Å²) in [6.07, 6.45) is 12.7. The number of nitrogens with zero attached hydrogens (tertiary/aromatic N) is 4. The van der Waals surface area contributed by atoms with Gasteiger partial charge in [-0.25, -0.2) is 19.6 Å². The van der Waals surface area contributed by atoms with Gasteiger partial charge in [0.2, 0.25) is 0 Å². The minimum Gasteiger partial charge on any atom is -0.453 e. The summed E-state index contributed by atoms with van der Waals surface area (Å²) in [7, 11) is 2.62. The standard InChI is InChI=1S/C50H54N8O6/c1-63-47(61)55-41(30-9-5-3-6-10-30)45(59)57-36-23-32(36)25-38(57)43-51-27-35(53-43)29-13-15-34(16-14-29)49-17-20-50(21-18-49,22-19-49)40-28-52-44(54-40)39-26-33-24-37(33)58(39)46(60)42(56-48(62)64-2)31-11-7-4-8-12-31/h3-16,27-28,32-33,36-39,41-42H,17-26H2,1-2H3,(H,51,53)(H,52,54)(H,55,61)(H,56,62)/t32-,33+,36-,37+,38+,39-,41-,42+,49?,50?/m0/s1. The third-order valence-electron chi connectivity index (χ3n) is 15.8. The number of amides is 4. The van der Waals surface area contributed by atoms with Gasteiger partial charge in [0.15, 0.2) is 0 Å². The van der Waals surface area contributed by atoms with Gasteiger partial charge in [0.25, 0.3) is 11.8 Å². The van der Waals surface area contributed by atoms with Crippen LogP contribution < -0.4 is 10.6 Å². The van der Waals surface area contributed by atoms with Crippen molar-refractivity contribution in [2.75, 3.05) is 14.2 Å². The predicted octanol–water partition coefficient (Wildman–Crippen LogP) is 7.86. The molecule has 330 valence electrons. The number of hydrogen-bond acceptors (Lipinski definition) is 8. The van der Waals surface area contributed by atoms with Crippen LogP contribution in [0.25, 0.3) is 11.3 Å². The molecule has 2 aliphatic heterocycles. The smallest absolute Gasteiger partial charge is 0.407 e. The maximum absolute atomic E-state index is 14.3. The van der Waals surface area contributed by atoms with E-state index in [0.717, 1.165) is 92.7 Å². The summed E-state index contributed by atoms with van der Waals surface area (Å²) in [5, 5.41) is 5.57. The Kier molecular flexibility index (Phi) is 9.88. The van der Waals surface area contributed by atoms with E-state index in [1.165, 1.54) is 25.5 Å². The molecule has 12 rings (SSSR count). The average Bonchev–Trinajstić information content (AvgIpc) is 3.92. The van der Waals surface area contributed by atoms with E-state index < -0.39 is 24.3 Å². The van der Waals surface area contributed by atoms with Crippen molar-refractivity contribution < 1.29 is 28.7 Å². The highest BCUT2D eigenvalue weighted by Crippen LogP contribution is 2.59. The molecule has 4 N–H and O–H groups in total. The minimum atomic E-state index is -0.859. The second kappa shape index (κ2) is 15.7. The molecule has 7 fully saturated rings. The molecule has 2 bridgehead atoms. The molecule has 5 aliphatic carbocycles. The number of H-pyrrole nitrogens is 2. The molecule has 4 amide bonds. The fourth-order valence-electron chi connectivity index (χ4n) is 12.0. The van der Waals surface area contributed by atoms with Crippen LogP contribution in [0.3, 0.4) is 0 Å². The highest BCUT2D eigenvalue weighted by molar-refractivity contribution is 5.89. The van der Waals surface area contributed by atoms with Gasteiger partial charge >= 0.3 is 12.2 Å². The van der Waals surface area contributed by atoms with Gasteiger partial charge in [-0.05, 0) is 104 Å². The number of imidazole rings is 2. The Labute approximate surface area is 371 Å². The number of carbonyl (C=O) groups is 4. The number of likely N-dealkylation sites (tertiary alicyclic amines) is 2. The van der Waals surface area contributed by atoms with Crippen molar-refractivity contribution in [3.63, 3.8) is 0 Å².